The first-order valence-corrected chi connectivity index (χ1v) is 8.94. The summed E-state index contributed by atoms with van der Waals surface area (Å²) in [7, 11) is 0. The maximum Gasteiger partial charge on any atom is 0.178 e. The molecule has 1 fully saturated rings. The highest BCUT2D eigenvalue weighted by Gasteiger charge is 2.34. The number of aliphatic hydroxyl groups is 1. The Morgan fingerprint density at radius 2 is 1.88 bits per heavy atom. The van der Waals surface area contributed by atoms with Gasteiger partial charge in [-0.05, 0) is 43.4 Å². The van der Waals surface area contributed by atoms with Crippen LogP contribution < -0.4 is 5.32 Å². The normalized spacial score (nSPS) is 23.7. The van der Waals surface area contributed by atoms with E-state index in [0.717, 1.165) is 55.0 Å². The molecule has 0 spiro atoms. The quantitative estimate of drug-likeness (QED) is 0.765. The van der Waals surface area contributed by atoms with Crippen LogP contribution in [0.5, 0.6) is 0 Å². The van der Waals surface area contributed by atoms with Crippen LogP contribution in [0.15, 0.2) is 42.5 Å². The summed E-state index contributed by atoms with van der Waals surface area (Å²) >= 11 is 0. The Hall–Kier alpha value is -2.47. The number of rotatable bonds is 4. The maximum atomic E-state index is 10.9. The van der Waals surface area contributed by atoms with Crippen LogP contribution in [-0.4, -0.2) is 31.0 Å². The summed E-state index contributed by atoms with van der Waals surface area (Å²) in [6.45, 7) is 2.05. The zero-order valence-electron chi connectivity index (χ0n) is 14.4. The monoisotopic (exact) mass is 337 g/mol. The molecule has 0 aliphatic heterocycles. The van der Waals surface area contributed by atoms with Gasteiger partial charge in [-0.2, -0.15) is 4.52 Å². The van der Waals surface area contributed by atoms with Crippen molar-refractivity contribution in [1.29, 1.82) is 0 Å². The fourth-order valence-electron chi connectivity index (χ4n) is 3.62. The van der Waals surface area contributed by atoms with Crippen molar-refractivity contribution in [2.75, 3.05) is 5.32 Å². The third-order valence-corrected chi connectivity index (χ3v) is 5.12. The van der Waals surface area contributed by atoms with Gasteiger partial charge in [-0.3, -0.25) is 0 Å². The first-order chi connectivity index (χ1) is 12.2. The number of fused-ring (bicyclic) bond motifs is 1. The largest absolute Gasteiger partial charge is 0.385 e. The summed E-state index contributed by atoms with van der Waals surface area (Å²) in [6.07, 6.45) is 4.13. The standard InChI is InChI=1S/C19H23N5O/c1-2-17-21-22-18-9-8-16(23-24(17)18)20-15-10-12-19(25,13-11-15)14-6-4-3-5-7-14/h3-9,15,25H,2,10-13H2,1H3,(H,20,23). The molecular formula is C19H23N5O. The van der Waals surface area contributed by atoms with Crippen molar-refractivity contribution >= 4 is 11.5 Å². The van der Waals surface area contributed by atoms with E-state index in [0.29, 0.717) is 6.04 Å². The SMILES string of the molecule is CCc1nnc2ccc(NC3CCC(O)(c4ccccc4)CC3)nn12. The van der Waals surface area contributed by atoms with E-state index >= 15 is 0 Å². The summed E-state index contributed by atoms with van der Waals surface area (Å²) in [4.78, 5) is 0. The molecule has 2 N–H and O–H groups in total. The van der Waals surface area contributed by atoms with Crippen molar-refractivity contribution in [3.63, 3.8) is 0 Å². The van der Waals surface area contributed by atoms with Crippen LogP contribution in [0.25, 0.3) is 5.65 Å². The molecule has 6 nitrogen and oxygen atoms in total. The van der Waals surface area contributed by atoms with Crippen LogP contribution in [0.2, 0.25) is 0 Å². The van der Waals surface area contributed by atoms with Gasteiger partial charge in [0.15, 0.2) is 11.5 Å². The molecular weight excluding hydrogens is 314 g/mol. The second-order valence-corrected chi connectivity index (χ2v) is 6.77. The first-order valence-electron chi connectivity index (χ1n) is 8.94. The summed E-state index contributed by atoms with van der Waals surface area (Å²) in [5.74, 6) is 1.69. The molecule has 0 radical (unpaired) electrons. The number of aryl methyl sites for hydroxylation is 1. The molecule has 4 rings (SSSR count). The van der Waals surface area contributed by atoms with Gasteiger partial charge in [0.25, 0.3) is 0 Å². The zero-order chi connectivity index (χ0) is 17.3. The summed E-state index contributed by atoms with van der Waals surface area (Å²) in [6, 6.07) is 14.2. The minimum atomic E-state index is -0.708. The number of benzene rings is 1. The van der Waals surface area contributed by atoms with E-state index in [1.807, 2.05) is 49.4 Å². The summed E-state index contributed by atoms with van der Waals surface area (Å²) in [5.41, 5.74) is 1.08. The van der Waals surface area contributed by atoms with Gasteiger partial charge in [-0.25, -0.2) is 0 Å². The van der Waals surface area contributed by atoms with Crippen molar-refractivity contribution in [2.45, 2.75) is 50.7 Å². The average molecular weight is 337 g/mol. The van der Waals surface area contributed by atoms with Crippen molar-refractivity contribution < 1.29 is 5.11 Å². The molecule has 130 valence electrons. The molecule has 1 aromatic carbocycles. The molecule has 0 atom stereocenters. The van der Waals surface area contributed by atoms with Crippen molar-refractivity contribution in [1.82, 2.24) is 19.8 Å². The Morgan fingerprint density at radius 3 is 2.60 bits per heavy atom. The lowest BCUT2D eigenvalue weighted by Gasteiger charge is -2.36. The minimum absolute atomic E-state index is 0.315. The Bertz CT molecular complexity index is 853. The topological polar surface area (TPSA) is 75.3 Å². The molecule has 1 aliphatic rings. The van der Waals surface area contributed by atoms with E-state index in [9.17, 15) is 5.11 Å². The van der Waals surface area contributed by atoms with Crippen LogP contribution in [-0.2, 0) is 12.0 Å². The number of anilines is 1. The lowest BCUT2D eigenvalue weighted by molar-refractivity contribution is -0.00334. The molecule has 0 bridgehead atoms. The van der Waals surface area contributed by atoms with E-state index in [1.54, 1.807) is 4.52 Å². The van der Waals surface area contributed by atoms with Crippen molar-refractivity contribution in [2.24, 2.45) is 0 Å². The van der Waals surface area contributed by atoms with E-state index in [-0.39, 0.29) is 0 Å². The van der Waals surface area contributed by atoms with Gasteiger partial charge in [0.2, 0.25) is 0 Å². The van der Waals surface area contributed by atoms with Gasteiger partial charge in [-0.15, -0.1) is 15.3 Å². The van der Waals surface area contributed by atoms with Gasteiger partial charge in [-0.1, -0.05) is 37.3 Å². The highest BCUT2D eigenvalue weighted by atomic mass is 16.3. The predicted molar refractivity (Wildman–Crippen MR) is 96.4 cm³/mol. The van der Waals surface area contributed by atoms with Gasteiger partial charge < -0.3 is 10.4 Å². The number of aromatic nitrogens is 4. The third-order valence-electron chi connectivity index (χ3n) is 5.12. The molecule has 2 aromatic heterocycles. The van der Waals surface area contributed by atoms with E-state index in [4.69, 9.17) is 0 Å². The Labute approximate surface area is 146 Å². The van der Waals surface area contributed by atoms with E-state index < -0.39 is 5.60 Å². The fourth-order valence-corrected chi connectivity index (χ4v) is 3.62. The second kappa shape index (κ2) is 6.44. The molecule has 3 aromatic rings. The highest BCUT2D eigenvalue weighted by Crippen LogP contribution is 2.37. The van der Waals surface area contributed by atoms with E-state index in [2.05, 4.69) is 20.6 Å². The Balaban J connectivity index is 1.45. The smallest absolute Gasteiger partial charge is 0.178 e. The molecule has 0 amide bonds. The molecule has 6 heteroatoms. The van der Waals surface area contributed by atoms with Gasteiger partial charge in [0, 0.05) is 12.5 Å². The molecule has 1 saturated carbocycles. The minimum Gasteiger partial charge on any atom is -0.385 e. The third kappa shape index (κ3) is 3.09. The Kier molecular flexibility index (Phi) is 4.13. The van der Waals surface area contributed by atoms with Crippen LogP contribution in [0.1, 0.15) is 44.0 Å². The maximum absolute atomic E-state index is 10.9. The van der Waals surface area contributed by atoms with Crippen LogP contribution in [0.3, 0.4) is 0 Å². The molecule has 2 heterocycles. The van der Waals surface area contributed by atoms with Gasteiger partial charge in [0.05, 0.1) is 5.60 Å². The number of nitrogens with one attached hydrogen (secondary N) is 1. The average Bonchev–Trinajstić information content (AvgIpc) is 3.07. The molecule has 25 heavy (non-hydrogen) atoms. The van der Waals surface area contributed by atoms with E-state index in [1.165, 1.54) is 0 Å². The first kappa shape index (κ1) is 16.0. The summed E-state index contributed by atoms with van der Waals surface area (Å²) < 4.78 is 1.80. The number of hydrogen-bond donors (Lipinski definition) is 2. The van der Waals surface area contributed by atoms with Crippen LogP contribution in [0, 0.1) is 0 Å². The summed E-state index contributed by atoms with van der Waals surface area (Å²) in [5, 5.41) is 27.3. The number of hydrogen-bond acceptors (Lipinski definition) is 5. The second-order valence-electron chi connectivity index (χ2n) is 6.77. The van der Waals surface area contributed by atoms with Gasteiger partial charge in [0.1, 0.15) is 5.82 Å². The Morgan fingerprint density at radius 1 is 1.12 bits per heavy atom. The predicted octanol–water partition coefficient (Wildman–Crippen LogP) is 2.93. The highest BCUT2D eigenvalue weighted by molar-refractivity contribution is 5.44. The lowest BCUT2D eigenvalue weighted by Crippen LogP contribution is -2.36. The number of nitrogens with zero attached hydrogens (tertiary/aromatic N) is 4. The van der Waals surface area contributed by atoms with Crippen molar-refractivity contribution in [3.05, 3.63) is 53.9 Å². The van der Waals surface area contributed by atoms with Crippen LogP contribution >= 0.6 is 0 Å². The fraction of sp³-hybridized carbons (Fsp3) is 0.421. The lowest BCUT2D eigenvalue weighted by atomic mass is 9.78. The molecule has 0 unspecified atom stereocenters. The van der Waals surface area contributed by atoms with Crippen molar-refractivity contribution in [3.8, 4) is 0 Å². The molecule has 0 saturated heterocycles. The molecule has 1 aliphatic carbocycles. The van der Waals surface area contributed by atoms with Crippen LogP contribution in [0.4, 0.5) is 5.82 Å². The zero-order valence-corrected chi connectivity index (χ0v) is 14.4. The van der Waals surface area contributed by atoms with Gasteiger partial charge >= 0.3 is 0 Å².